The number of nitrogens with zero attached hydrogens (tertiary/aromatic N) is 3. The van der Waals surface area contributed by atoms with Gasteiger partial charge in [-0.15, -0.1) is 0 Å². The Hall–Kier alpha value is -2.57. The molecule has 24 heavy (non-hydrogen) atoms. The van der Waals surface area contributed by atoms with E-state index < -0.39 is 0 Å². The van der Waals surface area contributed by atoms with E-state index in [2.05, 4.69) is 63.1 Å². The summed E-state index contributed by atoms with van der Waals surface area (Å²) in [6.07, 6.45) is 1.74. The maximum atomic E-state index is 9.32. The summed E-state index contributed by atoms with van der Waals surface area (Å²) in [5.41, 5.74) is 3.63. The third-order valence-corrected chi connectivity index (χ3v) is 4.97. The lowest BCUT2D eigenvalue weighted by atomic mass is 9.80. The molecule has 1 aromatic heterocycles. The van der Waals surface area contributed by atoms with Crippen LogP contribution in [0.15, 0.2) is 40.3 Å². The van der Waals surface area contributed by atoms with Gasteiger partial charge in [0.1, 0.15) is 11.9 Å². The third kappa shape index (κ3) is 2.50. The highest BCUT2D eigenvalue weighted by molar-refractivity contribution is 9.10. The molecule has 1 aliphatic heterocycles. The molecule has 1 aliphatic rings. The van der Waals surface area contributed by atoms with Gasteiger partial charge in [0.2, 0.25) is 0 Å². The zero-order valence-electron chi connectivity index (χ0n) is 13.6. The first-order valence-electron chi connectivity index (χ1n) is 7.49. The first kappa shape index (κ1) is 16.3. The highest BCUT2D eigenvalue weighted by atomic mass is 79.9. The van der Waals surface area contributed by atoms with Crippen LogP contribution in [0.25, 0.3) is 4.85 Å². The maximum absolute atomic E-state index is 9.32. The van der Waals surface area contributed by atoms with Gasteiger partial charge in [-0.05, 0) is 33.0 Å². The minimum atomic E-state index is -0.269. The molecular weight excluding hydrogens is 366 g/mol. The molecule has 2 aromatic rings. The number of hydrogen-bond acceptors (Lipinski definition) is 3. The van der Waals surface area contributed by atoms with Gasteiger partial charge in [0, 0.05) is 15.7 Å². The Balaban J connectivity index is 2.31. The van der Waals surface area contributed by atoms with Gasteiger partial charge >= 0.3 is 0 Å². The Morgan fingerprint density at radius 1 is 1.33 bits per heavy atom. The molecule has 0 saturated heterocycles. The monoisotopic (exact) mass is 381 g/mol. The van der Waals surface area contributed by atoms with Gasteiger partial charge in [-0.25, -0.2) is 4.85 Å². The number of H-pyrrole nitrogens is 1. The van der Waals surface area contributed by atoms with Gasteiger partial charge in [-0.3, -0.25) is 5.10 Å². The number of allylic oxidation sites excluding steroid dienone is 2. The van der Waals surface area contributed by atoms with Gasteiger partial charge in [0.25, 0.3) is 0 Å². The van der Waals surface area contributed by atoms with Crippen molar-refractivity contribution in [2.75, 3.05) is 5.32 Å². The summed E-state index contributed by atoms with van der Waals surface area (Å²) < 4.78 is 0.723. The molecule has 0 amide bonds. The molecule has 120 valence electrons. The van der Waals surface area contributed by atoms with Crippen molar-refractivity contribution in [1.82, 2.24) is 10.2 Å². The van der Waals surface area contributed by atoms with Crippen LogP contribution in [-0.4, -0.2) is 10.2 Å². The van der Waals surface area contributed by atoms with Crippen molar-refractivity contribution in [2.24, 2.45) is 5.41 Å². The summed E-state index contributed by atoms with van der Waals surface area (Å²) in [4.78, 5) is 3.85. The summed E-state index contributed by atoms with van der Waals surface area (Å²) in [5, 5.41) is 19.8. The molecule has 0 fully saturated rings. The zero-order valence-corrected chi connectivity index (χ0v) is 15.2. The van der Waals surface area contributed by atoms with Gasteiger partial charge in [-0.2, -0.15) is 10.4 Å². The van der Waals surface area contributed by atoms with Crippen LogP contribution in [0.2, 0.25) is 0 Å². The average molecular weight is 382 g/mol. The molecule has 0 saturated carbocycles. The van der Waals surface area contributed by atoms with Gasteiger partial charge in [0.05, 0.1) is 24.3 Å². The molecular formula is C18H16BrN5. The van der Waals surface area contributed by atoms with Crippen molar-refractivity contribution in [1.29, 1.82) is 5.26 Å². The van der Waals surface area contributed by atoms with Crippen LogP contribution in [-0.2, 0) is 0 Å². The Labute approximate surface area is 149 Å². The van der Waals surface area contributed by atoms with E-state index in [9.17, 15) is 5.26 Å². The number of rotatable bonds is 1. The second-order valence-corrected chi connectivity index (χ2v) is 7.49. The molecule has 2 heterocycles. The van der Waals surface area contributed by atoms with Gasteiger partial charge in [0.15, 0.2) is 5.70 Å². The number of benzene rings is 1. The van der Waals surface area contributed by atoms with Crippen LogP contribution < -0.4 is 5.32 Å². The van der Waals surface area contributed by atoms with Crippen molar-refractivity contribution >= 4 is 21.7 Å². The van der Waals surface area contributed by atoms with E-state index in [1.807, 2.05) is 12.1 Å². The SMILES string of the molecule is [C-]#[N+]C1=C(C(C)(C)C)Nc2[nH]ncc2C1c1cccc(C#N)c1Br. The average Bonchev–Trinajstić information content (AvgIpc) is 3.01. The van der Waals surface area contributed by atoms with Crippen LogP contribution in [0, 0.1) is 23.3 Å². The summed E-state index contributed by atoms with van der Waals surface area (Å²) in [7, 11) is 0. The van der Waals surface area contributed by atoms with Crippen molar-refractivity contribution in [2.45, 2.75) is 26.7 Å². The van der Waals surface area contributed by atoms with E-state index in [4.69, 9.17) is 6.57 Å². The summed E-state index contributed by atoms with van der Waals surface area (Å²) >= 11 is 3.55. The number of nitriles is 1. The van der Waals surface area contributed by atoms with Crippen LogP contribution in [0.1, 0.15) is 43.4 Å². The van der Waals surface area contributed by atoms with E-state index in [-0.39, 0.29) is 11.3 Å². The quantitative estimate of drug-likeness (QED) is 0.698. The lowest BCUT2D eigenvalue weighted by Crippen LogP contribution is -2.25. The van der Waals surface area contributed by atoms with Crippen LogP contribution in [0.3, 0.4) is 0 Å². The fourth-order valence-electron chi connectivity index (χ4n) is 2.96. The van der Waals surface area contributed by atoms with E-state index in [0.717, 1.165) is 27.1 Å². The number of nitrogens with one attached hydrogen (secondary N) is 2. The predicted octanol–water partition coefficient (Wildman–Crippen LogP) is 4.78. The predicted molar refractivity (Wildman–Crippen MR) is 96.0 cm³/mol. The minimum Gasteiger partial charge on any atom is -0.353 e. The van der Waals surface area contributed by atoms with Crippen molar-refractivity contribution < 1.29 is 0 Å². The molecule has 1 aromatic carbocycles. The Morgan fingerprint density at radius 2 is 2.08 bits per heavy atom. The standard InChI is InChI=1S/C18H16BrN5/c1-18(2,3)16-15(21-4)13(12-9-22-24-17(12)23-16)11-7-5-6-10(8-20)14(11)19/h5-7,9,13H,1-3H3,(H2,22,23,24). The molecule has 2 N–H and O–H groups in total. The fourth-order valence-corrected chi connectivity index (χ4v) is 3.54. The summed E-state index contributed by atoms with van der Waals surface area (Å²) in [5.74, 6) is 0.529. The fraction of sp³-hybridized carbons (Fsp3) is 0.278. The lowest BCUT2D eigenvalue weighted by Gasteiger charge is -2.33. The molecule has 0 spiro atoms. The Kier molecular flexibility index (Phi) is 3.95. The topological polar surface area (TPSA) is 68.9 Å². The van der Waals surface area contributed by atoms with E-state index in [1.54, 1.807) is 12.3 Å². The molecule has 1 unspecified atom stereocenters. The summed E-state index contributed by atoms with van der Waals surface area (Å²) in [6.45, 7) is 14.0. The molecule has 6 heteroatoms. The first-order chi connectivity index (χ1) is 11.4. The maximum Gasteiger partial charge on any atom is 0.196 e. The van der Waals surface area contributed by atoms with Crippen LogP contribution in [0.5, 0.6) is 0 Å². The van der Waals surface area contributed by atoms with Crippen molar-refractivity contribution in [3.05, 3.63) is 68.4 Å². The summed E-state index contributed by atoms with van der Waals surface area (Å²) in [6, 6.07) is 7.74. The second kappa shape index (κ2) is 5.81. The Bertz CT molecular complexity index is 918. The Morgan fingerprint density at radius 3 is 2.71 bits per heavy atom. The number of halogens is 1. The number of aromatic amines is 1. The van der Waals surface area contributed by atoms with Crippen LogP contribution in [0.4, 0.5) is 5.82 Å². The minimum absolute atomic E-state index is 0.222. The van der Waals surface area contributed by atoms with Gasteiger partial charge < -0.3 is 5.32 Å². The third-order valence-electron chi connectivity index (χ3n) is 4.09. The van der Waals surface area contributed by atoms with Crippen LogP contribution >= 0.6 is 15.9 Å². The second-order valence-electron chi connectivity index (χ2n) is 6.70. The molecule has 3 rings (SSSR count). The van der Waals surface area contributed by atoms with E-state index in [0.29, 0.717) is 11.3 Å². The number of anilines is 1. The number of aromatic nitrogens is 2. The highest BCUT2D eigenvalue weighted by Crippen LogP contribution is 2.47. The largest absolute Gasteiger partial charge is 0.353 e. The molecule has 1 atom stereocenters. The zero-order chi connectivity index (χ0) is 17.5. The normalized spacial score (nSPS) is 16.8. The van der Waals surface area contributed by atoms with E-state index >= 15 is 0 Å². The number of fused-ring (bicyclic) bond motifs is 1. The molecule has 0 bridgehead atoms. The molecule has 0 aliphatic carbocycles. The highest BCUT2D eigenvalue weighted by Gasteiger charge is 2.36. The first-order valence-corrected chi connectivity index (χ1v) is 8.28. The lowest BCUT2D eigenvalue weighted by molar-refractivity contribution is 0.497. The molecule has 0 radical (unpaired) electrons. The van der Waals surface area contributed by atoms with Gasteiger partial charge in [-0.1, -0.05) is 32.9 Å². The van der Waals surface area contributed by atoms with Crippen molar-refractivity contribution in [3.8, 4) is 6.07 Å². The van der Waals surface area contributed by atoms with Crippen molar-refractivity contribution in [3.63, 3.8) is 0 Å². The molecule has 5 nitrogen and oxygen atoms in total. The smallest absolute Gasteiger partial charge is 0.196 e. The number of hydrogen-bond donors (Lipinski definition) is 2. The van der Waals surface area contributed by atoms with E-state index in [1.165, 1.54) is 0 Å².